The summed E-state index contributed by atoms with van der Waals surface area (Å²) in [5.74, 6) is -3.15. The molecule has 4 rings (SSSR count). The van der Waals surface area contributed by atoms with Crippen LogP contribution >= 0.6 is 31.9 Å². The van der Waals surface area contributed by atoms with E-state index in [0.717, 1.165) is 6.08 Å². The molecule has 1 unspecified atom stereocenters. The first-order valence-corrected chi connectivity index (χ1v) is 14.7. The van der Waals surface area contributed by atoms with Crippen molar-refractivity contribution in [3.63, 3.8) is 0 Å². The maximum Gasteiger partial charge on any atom is 1.00 e. The number of halogens is 6. The van der Waals surface area contributed by atoms with E-state index < -0.39 is 50.0 Å². The smallest absolute Gasteiger partial charge is 0.466 e. The minimum absolute atomic E-state index is 0. The van der Waals surface area contributed by atoms with Gasteiger partial charge in [0.25, 0.3) is 0 Å². The zero-order valence-electron chi connectivity index (χ0n) is 30.8. The van der Waals surface area contributed by atoms with Crippen molar-refractivity contribution in [2.24, 2.45) is 4.99 Å². The minimum Gasteiger partial charge on any atom is -0.466 e. The van der Waals surface area contributed by atoms with E-state index in [2.05, 4.69) is 51.6 Å². The van der Waals surface area contributed by atoms with Gasteiger partial charge in [-0.3, -0.25) is 4.99 Å². The molecule has 48 heavy (non-hydrogen) atoms. The fourth-order valence-corrected chi connectivity index (χ4v) is 4.22. The third-order valence-electron chi connectivity index (χ3n) is 5.72. The van der Waals surface area contributed by atoms with Crippen LogP contribution in [-0.4, -0.2) is 46.0 Å². The average Bonchev–Trinajstić information content (AvgIpc) is 3.04. The van der Waals surface area contributed by atoms with E-state index in [-0.39, 0.29) is 40.7 Å². The van der Waals surface area contributed by atoms with Crippen LogP contribution < -0.4 is 34.9 Å². The molecule has 0 amide bonds. The van der Waals surface area contributed by atoms with E-state index in [0.29, 0.717) is 31.4 Å². The third-order valence-corrected chi connectivity index (χ3v) is 6.71. The van der Waals surface area contributed by atoms with Gasteiger partial charge in [0.15, 0.2) is 0 Å². The van der Waals surface area contributed by atoms with Crippen molar-refractivity contribution in [2.75, 3.05) is 19.5 Å². The van der Waals surface area contributed by atoms with E-state index in [4.69, 9.17) is 6.71 Å². The molecule has 0 fully saturated rings. The molecule has 0 spiro atoms. The van der Waals surface area contributed by atoms with Gasteiger partial charge in [0.2, 0.25) is 0 Å². The van der Waals surface area contributed by atoms with E-state index >= 15 is 0 Å². The molecule has 0 saturated carbocycles. The van der Waals surface area contributed by atoms with Gasteiger partial charge >= 0.3 is 41.5 Å². The summed E-state index contributed by atoms with van der Waals surface area (Å²) in [7, 11) is -0.510. The van der Waals surface area contributed by atoms with Crippen LogP contribution in [0.4, 0.5) is 28.9 Å². The Morgan fingerprint density at radius 1 is 0.833 bits per heavy atom. The van der Waals surface area contributed by atoms with E-state index in [1.54, 1.807) is 30.3 Å². The van der Waals surface area contributed by atoms with Gasteiger partial charge in [-0.2, -0.15) is 0 Å². The number of carbonyl (C=O) groups excluding carboxylic acids is 2. The molecule has 1 N–H and O–H groups in total. The van der Waals surface area contributed by atoms with Crippen LogP contribution in [0.15, 0.2) is 98.9 Å². The Balaban J connectivity index is 0.000000463. The van der Waals surface area contributed by atoms with Crippen LogP contribution in [0, 0.1) is 23.3 Å². The van der Waals surface area contributed by atoms with Crippen LogP contribution in [0.25, 0.3) is 12.2 Å². The first-order chi connectivity index (χ1) is 24.4. The molecular weight excluding hydrogens is 770 g/mol. The Morgan fingerprint density at radius 2 is 1.38 bits per heavy atom. The number of methoxy groups -OCH3 is 2. The standard InChI is InChI=1S/C17H14BrF2NO2.C17H12BrF2NO2.BH4.Na/c2*1-23-17(22)5-2-11-6-14(19)9-15(7-11)21-10-12-3-4-13(18)8-16(12)20;;/h2-9,21H,10H2,1H3;2-10H,1H3;1H4;/q;;-1;+1/b5-2+;5-2+,21-10?;;/i10D;;1D4;. The van der Waals surface area contributed by atoms with E-state index in [1.807, 2.05) is 0 Å². The van der Waals surface area contributed by atoms with Crippen LogP contribution in [0.2, 0.25) is 0 Å². The van der Waals surface area contributed by atoms with Gasteiger partial charge in [0.05, 0.1) is 21.3 Å². The number of nitrogens with one attached hydrogen (secondary N) is 1. The van der Waals surface area contributed by atoms with Crippen LogP contribution in [0.5, 0.6) is 0 Å². The van der Waals surface area contributed by atoms with Gasteiger partial charge in [-0.1, -0.05) is 46.2 Å². The molecule has 0 saturated heterocycles. The Labute approximate surface area is 323 Å². The van der Waals surface area contributed by atoms with Crippen molar-refractivity contribution < 1.29 is 67.6 Å². The second-order valence-corrected chi connectivity index (χ2v) is 10.9. The predicted molar refractivity (Wildman–Crippen MR) is 189 cm³/mol. The number of ether oxygens (including phenoxy) is 2. The van der Waals surface area contributed by atoms with Gasteiger partial charge in [0.1, 0.15) is 23.3 Å². The predicted octanol–water partition coefficient (Wildman–Crippen LogP) is 4.74. The van der Waals surface area contributed by atoms with Crippen LogP contribution in [0.1, 0.15) is 23.6 Å². The summed E-state index contributed by atoms with van der Waals surface area (Å²) in [5, 5.41) is 2.72. The van der Waals surface area contributed by atoms with Gasteiger partial charge in [-0.15, -0.1) is 0 Å². The number of carbonyl (C=O) groups is 2. The number of hydrogen-bond acceptors (Lipinski definition) is 6. The maximum absolute atomic E-state index is 13.9. The Hall–Kier alpha value is -3.49. The van der Waals surface area contributed by atoms with E-state index in [1.165, 1.54) is 81.1 Å². The summed E-state index contributed by atoms with van der Waals surface area (Å²) in [6, 6.07) is 16.9. The molecule has 246 valence electrons. The second kappa shape index (κ2) is 21.5. The molecule has 0 aliphatic heterocycles. The maximum atomic E-state index is 13.9. The number of esters is 2. The molecule has 0 bridgehead atoms. The third kappa shape index (κ3) is 14.7. The Morgan fingerprint density at radius 3 is 1.94 bits per heavy atom. The summed E-state index contributed by atoms with van der Waals surface area (Å²) >= 11 is 6.32. The van der Waals surface area contributed by atoms with Crippen molar-refractivity contribution in [2.45, 2.75) is 6.52 Å². The van der Waals surface area contributed by atoms with Crippen LogP contribution in [-0.2, 0) is 25.6 Å². The van der Waals surface area contributed by atoms with Gasteiger partial charge < -0.3 is 14.8 Å². The molecular formula is C34H30BBr2F4N2NaO4. The first-order valence-electron chi connectivity index (χ1n) is 16.0. The zero-order valence-corrected chi connectivity index (χ0v) is 31.0. The topological polar surface area (TPSA) is 77.0 Å². The number of nitrogens with zero attached hydrogens (tertiary/aromatic N) is 1. The Bertz CT molecular complexity index is 1950. The minimum atomic E-state index is -3.00. The van der Waals surface area contributed by atoms with Crippen molar-refractivity contribution >= 4 is 81.8 Å². The molecule has 1 atom stereocenters. The number of aliphatic imine (C=N–C) groups is 1. The van der Waals surface area contributed by atoms with Gasteiger partial charge in [-0.25, -0.2) is 32.5 Å². The fraction of sp³-hybridized carbons (Fsp3) is 0.0882. The summed E-state index contributed by atoms with van der Waals surface area (Å²) in [6.07, 6.45) is 6.44. The first kappa shape index (κ1) is 34.4. The monoisotopic (exact) mass is 803 g/mol. The molecule has 0 radical (unpaired) electrons. The number of benzene rings is 4. The molecule has 0 aliphatic carbocycles. The summed E-state index contributed by atoms with van der Waals surface area (Å²) in [4.78, 5) is 26.2. The number of hydrogen-bond donors (Lipinski definition) is 1. The molecule has 14 heteroatoms. The molecule has 4 aromatic carbocycles. The summed E-state index contributed by atoms with van der Waals surface area (Å²) in [5.41, 5.74) is 1.86. The van der Waals surface area contributed by atoms with Crippen molar-refractivity contribution in [3.05, 3.63) is 139 Å². The summed E-state index contributed by atoms with van der Waals surface area (Å²) < 4.78 is 97.0. The quantitative estimate of drug-likeness (QED) is 0.0871. The molecule has 0 aromatic heterocycles. The average molecular weight is 805 g/mol. The molecule has 0 aliphatic rings. The van der Waals surface area contributed by atoms with Gasteiger partial charge in [-0.05, 0) is 90.0 Å². The van der Waals surface area contributed by atoms with Crippen molar-refractivity contribution in [3.8, 4) is 0 Å². The number of anilines is 1. The second-order valence-electron chi connectivity index (χ2n) is 9.11. The summed E-state index contributed by atoms with van der Waals surface area (Å²) in [6.45, 7) is -1.11. The number of rotatable bonds is 9. The SMILES string of the molecule is COC(=O)/C=C/c1cc(F)cc(N=Cc2ccc(Br)cc2F)c1.[2H]C(Nc1cc(F)cc(/C=C/C(=O)OC)c1)c1ccc(Br)cc1F.[2H][B-]([2H])([2H])[2H].[Na+]. The van der Waals surface area contributed by atoms with Crippen molar-refractivity contribution in [1.29, 1.82) is 5.34 Å². The van der Waals surface area contributed by atoms with E-state index in [9.17, 15) is 27.2 Å². The molecule has 6 nitrogen and oxygen atoms in total. The largest absolute Gasteiger partial charge is 1.00 e. The van der Waals surface area contributed by atoms with Crippen LogP contribution in [0.3, 0.4) is 0 Å². The normalized spacial score (nSPS) is 12.9. The molecule has 0 heterocycles. The Kier molecular flexibility index (Phi) is 15.4. The van der Waals surface area contributed by atoms with Gasteiger partial charge in [0, 0.05) is 50.6 Å². The fourth-order valence-electron chi connectivity index (χ4n) is 3.55. The molecule has 4 aromatic rings. The van der Waals surface area contributed by atoms with Crippen molar-refractivity contribution in [1.82, 2.24) is 0 Å². The zero-order chi connectivity index (χ0) is 39.0.